The number of aryl methyl sites for hydroxylation is 1. The third-order valence-electron chi connectivity index (χ3n) is 4.70. The van der Waals surface area contributed by atoms with Crippen LogP contribution in [0.5, 0.6) is 5.75 Å². The second-order valence-electron chi connectivity index (χ2n) is 6.88. The number of rotatable bonds is 10. The minimum Gasteiger partial charge on any atom is -0.508 e. The van der Waals surface area contributed by atoms with Crippen LogP contribution in [0, 0.1) is 0 Å². The van der Waals surface area contributed by atoms with Crippen LogP contribution in [0.4, 0.5) is 11.9 Å². The van der Waals surface area contributed by atoms with Crippen molar-refractivity contribution in [3.63, 3.8) is 0 Å². The van der Waals surface area contributed by atoms with Gasteiger partial charge in [-0.15, -0.1) is 0 Å². The van der Waals surface area contributed by atoms with Crippen LogP contribution in [0.3, 0.4) is 0 Å². The number of nitrogens with zero attached hydrogens (tertiary/aromatic N) is 4. The first-order valence-electron chi connectivity index (χ1n) is 9.96. The average Bonchev–Trinajstić information content (AvgIpc) is 2.73. The van der Waals surface area contributed by atoms with Gasteiger partial charge in [-0.3, -0.25) is 0 Å². The lowest BCUT2D eigenvalue weighted by Gasteiger charge is -2.21. The molecule has 0 spiro atoms. The van der Waals surface area contributed by atoms with Crippen molar-refractivity contribution in [1.29, 1.82) is 0 Å². The van der Waals surface area contributed by atoms with E-state index in [9.17, 15) is 5.11 Å². The normalized spacial score (nSPS) is 10.8. The molecular weight excluding hydrogens is 421 g/mol. The Bertz CT molecular complexity index is 935. The van der Waals surface area contributed by atoms with Crippen LogP contribution in [0.25, 0.3) is 0 Å². The number of hydrogen-bond acceptors (Lipinski definition) is 6. The Morgan fingerprint density at radius 3 is 2.27 bits per heavy atom. The van der Waals surface area contributed by atoms with Gasteiger partial charge in [0.05, 0.1) is 0 Å². The predicted octanol–water partition coefficient (Wildman–Crippen LogP) is 5.00. The van der Waals surface area contributed by atoms with Gasteiger partial charge in [0.2, 0.25) is 17.2 Å². The second kappa shape index (κ2) is 11.0. The maximum absolute atomic E-state index is 9.37. The number of aromatic nitrogens is 3. The monoisotopic (exact) mass is 445 g/mol. The minimum atomic E-state index is 0.170. The van der Waals surface area contributed by atoms with Crippen LogP contribution in [0.2, 0.25) is 10.3 Å². The summed E-state index contributed by atoms with van der Waals surface area (Å²) in [4.78, 5) is 15.1. The number of aromatic hydroxyl groups is 1. The first kappa shape index (κ1) is 22.1. The summed E-state index contributed by atoms with van der Waals surface area (Å²) in [5, 5.41) is 13.5. The van der Waals surface area contributed by atoms with Gasteiger partial charge >= 0.3 is 0 Å². The smallest absolute Gasteiger partial charge is 0.231 e. The van der Waals surface area contributed by atoms with Gasteiger partial charge in [-0.2, -0.15) is 15.0 Å². The molecule has 0 saturated heterocycles. The number of anilines is 2. The molecule has 3 rings (SSSR count). The number of phenolic OH excluding ortho intramolecular Hbond substituents is 1. The van der Waals surface area contributed by atoms with E-state index in [1.165, 1.54) is 5.56 Å². The van der Waals surface area contributed by atoms with Crippen molar-refractivity contribution in [3.05, 3.63) is 70.0 Å². The first-order valence-corrected chi connectivity index (χ1v) is 10.7. The SMILES string of the molecule is CCN(CCCc1ccc(Cl)cc1)c1nc(Cl)nc(NCCc2ccc(O)cc2)n1. The van der Waals surface area contributed by atoms with Gasteiger partial charge in [-0.1, -0.05) is 35.9 Å². The van der Waals surface area contributed by atoms with E-state index in [-0.39, 0.29) is 11.0 Å². The van der Waals surface area contributed by atoms with Crippen LogP contribution in [-0.4, -0.2) is 39.7 Å². The van der Waals surface area contributed by atoms with E-state index < -0.39 is 0 Å². The average molecular weight is 446 g/mol. The lowest BCUT2D eigenvalue weighted by atomic mass is 10.1. The van der Waals surface area contributed by atoms with Crippen molar-refractivity contribution in [2.75, 3.05) is 29.9 Å². The highest BCUT2D eigenvalue weighted by atomic mass is 35.5. The fourth-order valence-electron chi connectivity index (χ4n) is 3.07. The van der Waals surface area contributed by atoms with E-state index in [1.54, 1.807) is 12.1 Å². The molecule has 6 nitrogen and oxygen atoms in total. The second-order valence-corrected chi connectivity index (χ2v) is 7.66. The molecule has 0 aliphatic heterocycles. The highest BCUT2D eigenvalue weighted by molar-refractivity contribution is 6.30. The summed E-state index contributed by atoms with van der Waals surface area (Å²) >= 11 is 12.1. The summed E-state index contributed by atoms with van der Waals surface area (Å²) in [7, 11) is 0. The van der Waals surface area contributed by atoms with Gasteiger partial charge in [0.1, 0.15) is 5.75 Å². The summed E-state index contributed by atoms with van der Waals surface area (Å²) < 4.78 is 0. The molecule has 0 bridgehead atoms. The Balaban J connectivity index is 1.56. The van der Waals surface area contributed by atoms with Gasteiger partial charge in [0.25, 0.3) is 0 Å². The molecule has 158 valence electrons. The van der Waals surface area contributed by atoms with Crippen LogP contribution >= 0.6 is 23.2 Å². The van der Waals surface area contributed by atoms with E-state index in [4.69, 9.17) is 23.2 Å². The van der Waals surface area contributed by atoms with Crippen molar-refractivity contribution in [1.82, 2.24) is 15.0 Å². The van der Waals surface area contributed by atoms with Gasteiger partial charge in [-0.05, 0) is 73.2 Å². The molecular formula is C22H25Cl2N5O. The van der Waals surface area contributed by atoms with Crippen LogP contribution in [-0.2, 0) is 12.8 Å². The van der Waals surface area contributed by atoms with E-state index >= 15 is 0 Å². The van der Waals surface area contributed by atoms with Crippen LogP contribution in [0.15, 0.2) is 48.5 Å². The van der Waals surface area contributed by atoms with Crippen molar-refractivity contribution in [2.45, 2.75) is 26.2 Å². The summed E-state index contributed by atoms with van der Waals surface area (Å²) in [5.74, 6) is 1.29. The fraction of sp³-hybridized carbons (Fsp3) is 0.318. The zero-order valence-electron chi connectivity index (χ0n) is 16.9. The molecule has 30 heavy (non-hydrogen) atoms. The molecule has 0 radical (unpaired) electrons. The molecule has 1 aromatic heterocycles. The third-order valence-corrected chi connectivity index (χ3v) is 5.12. The maximum atomic E-state index is 9.37. The highest BCUT2D eigenvalue weighted by Crippen LogP contribution is 2.16. The lowest BCUT2D eigenvalue weighted by Crippen LogP contribution is -2.27. The number of nitrogens with one attached hydrogen (secondary N) is 1. The Morgan fingerprint density at radius 2 is 1.57 bits per heavy atom. The zero-order chi connectivity index (χ0) is 21.3. The van der Waals surface area contributed by atoms with Crippen molar-refractivity contribution in [3.8, 4) is 5.75 Å². The standard InChI is InChI=1S/C22H25Cl2N5O/c1-2-29(15-3-4-16-5-9-18(23)10-6-16)22-27-20(24)26-21(28-22)25-14-13-17-7-11-19(30)12-8-17/h5-12,30H,2-4,13-15H2,1H3,(H,25,26,27,28). The number of halogens is 2. The fourth-order valence-corrected chi connectivity index (χ4v) is 3.35. The molecule has 2 N–H and O–H groups in total. The highest BCUT2D eigenvalue weighted by Gasteiger charge is 2.11. The summed E-state index contributed by atoms with van der Waals surface area (Å²) in [6.07, 6.45) is 2.68. The Hall–Kier alpha value is -2.57. The lowest BCUT2D eigenvalue weighted by molar-refractivity contribution is 0.475. The van der Waals surface area contributed by atoms with E-state index in [0.29, 0.717) is 18.4 Å². The van der Waals surface area contributed by atoms with Gasteiger partial charge < -0.3 is 15.3 Å². The number of hydrogen-bond donors (Lipinski definition) is 2. The van der Waals surface area contributed by atoms with Crippen molar-refractivity contribution < 1.29 is 5.11 Å². The molecule has 0 fully saturated rings. The van der Waals surface area contributed by atoms with Gasteiger partial charge in [0, 0.05) is 24.7 Å². The molecule has 0 atom stereocenters. The molecule has 0 saturated carbocycles. The van der Waals surface area contributed by atoms with E-state index in [2.05, 4.69) is 44.2 Å². The molecule has 0 aliphatic rings. The first-order chi connectivity index (χ1) is 14.5. The van der Waals surface area contributed by atoms with Gasteiger partial charge in [-0.25, -0.2) is 0 Å². The zero-order valence-corrected chi connectivity index (χ0v) is 18.4. The Labute approximate surface area is 186 Å². The quantitative estimate of drug-likeness (QED) is 0.457. The molecule has 1 heterocycles. The maximum Gasteiger partial charge on any atom is 0.231 e. The number of phenols is 1. The van der Waals surface area contributed by atoms with Crippen LogP contribution < -0.4 is 10.2 Å². The van der Waals surface area contributed by atoms with Crippen molar-refractivity contribution >= 4 is 35.1 Å². The predicted molar refractivity (Wildman–Crippen MR) is 123 cm³/mol. The molecule has 0 amide bonds. The Morgan fingerprint density at radius 1 is 0.900 bits per heavy atom. The summed E-state index contributed by atoms with van der Waals surface area (Å²) in [6.45, 7) is 4.30. The van der Waals surface area contributed by atoms with Crippen LogP contribution in [0.1, 0.15) is 24.5 Å². The van der Waals surface area contributed by atoms with Gasteiger partial charge in [0.15, 0.2) is 0 Å². The number of benzene rings is 2. The minimum absolute atomic E-state index is 0.170. The topological polar surface area (TPSA) is 74.2 Å². The molecule has 8 heteroatoms. The van der Waals surface area contributed by atoms with Crippen molar-refractivity contribution in [2.24, 2.45) is 0 Å². The van der Waals surface area contributed by atoms with E-state index in [1.807, 2.05) is 24.3 Å². The molecule has 0 aliphatic carbocycles. The van der Waals surface area contributed by atoms with E-state index in [0.717, 1.165) is 42.9 Å². The molecule has 2 aromatic carbocycles. The summed E-state index contributed by atoms with van der Waals surface area (Å²) in [5.41, 5.74) is 2.36. The largest absolute Gasteiger partial charge is 0.508 e. The third kappa shape index (κ3) is 6.75. The molecule has 0 unspecified atom stereocenters. The summed E-state index contributed by atoms with van der Waals surface area (Å²) in [6, 6.07) is 15.1. The molecule has 3 aromatic rings. The Kier molecular flexibility index (Phi) is 8.11.